The second-order valence-corrected chi connectivity index (χ2v) is 6.01. The van der Waals surface area contributed by atoms with Gasteiger partial charge in [0.1, 0.15) is 12.3 Å². The lowest BCUT2D eigenvalue weighted by atomic mass is 9.90. The number of anilines is 1. The van der Waals surface area contributed by atoms with Crippen molar-refractivity contribution < 1.29 is 22.9 Å². The molecule has 3 rings (SSSR count). The maximum absolute atomic E-state index is 13.3. The van der Waals surface area contributed by atoms with Gasteiger partial charge in [0.25, 0.3) is 5.69 Å². The third kappa shape index (κ3) is 3.00. The molecule has 1 atom stereocenters. The minimum Gasteiger partial charge on any atom is -0.356 e. The topological polar surface area (TPSA) is 76.3 Å². The molecule has 0 bridgehead atoms. The van der Waals surface area contributed by atoms with Gasteiger partial charge in [-0.2, -0.15) is 13.2 Å². The number of carbonyl (C=O) groups is 1. The van der Waals surface area contributed by atoms with E-state index in [4.69, 9.17) is 0 Å². The van der Waals surface area contributed by atoms with Crippen LogP contribution in [0.25, 0.3) is 0 Å². The van der Waals surface area contributed by atoms with Gasteiger partial charge in [-0.05, 0) is 36.6 Å². The quantitative estimate of drug-likeness (QED) is 0.472. The number of fused-ring (bicyclic) bond motifs is 1. The molecule has 1 unspecified atom stereocenters. The van der Waals surface area contributed by atoms with Gasteiger partial charge in [0.15, 0.2) is 0 Å². The molecule has 0 amide bonds. The number of nitro groups is 1. The van der Waals surface area contributed by atoms with Crippen molar-refractivity contribution in [2.24, 2.45) is 0 Å². The Bertz CT molecular complexity index is 883. The molecule has 0 saturated heterocycles. The van der Waals surface area contributed by atoms with Crippen molar-refractivity contribution in [1.29, 1.82) is 0 Å². The van der Waals surface area contributed by atoms with Gasteiger partial charge < -0.3 is 9.69 Å². The number of nitrogens with zero attached hydrogens (tertiary/aromatic N) is 3. The summed E-state index contributed by atoms with van der Waals surface area (Å²) in [7, 11) is 0. The van der Waals surface area contributed by atoms with Gasteiger partial charge in [-0.3, -0.25) is 15.1 Å². The second kappa shape index (κ2) is 6.40. The number of rotatable bonds is 3. The summed E-state index contributed by atoms with van der Waals surface area (Å²) in [6, 6.07) is 2.70. The van der Waals surface area contributed by atoms with Crippen molar-refractivity contribution in [3.05, 3.63) is 63.0 Å². The number of pyridine rings is 1. The molecule has 1 aliphatic heterocycles. The summed E-state index contributed by atoms with van der Waals surface area (Å²) in [4.78, 5) is 27.4. The largest absolute Gasteiger partial charge is 0.418 e. The summed E-state index contributed by atoms with van der Waals surface area (Å²) >= 11 is 0. The molecule has 0 saturated carbocycles. The van der Waals surface area contributed by atoms with E-state index in [-0.39, 0.29) is 17.9 Å². The Morgan fingerprint density at radius 3 is 2.73 bits per heavy atom. The van der Waals surface area contributed by atoms with Crippen LogP contribution in [0.15, 0.2) is 30.6 Å². The van der Waals surface area contributed by atoms with E-state index in [2.05, 4.69) is 4.98 Å². The Morgan fingerprint density at radius 1 is 1.38 bits per heavy atom. The number of benzene rings is 1. The van der Waals surface area contributed by atoms with Crippen molar-refractivity contribution >= 4 is 17.7 Å². The number of aldehydes is 1. The lowest BCUT2D eigenvalue weighted by Gasteiger charge is -2.37. The Hall–Kier alpha value is -2.97. The van der Waals surface area contributed by atoms with Crippen molar-refractivity contribution in [2.75, 3.05) is 11.4 Å². The first-order valence-corrected chi connectivity index (χ1v) is 7.75. The third-order valence-corrected chi connectivity index (χ3v) is 4.47. The predicted molar refractivity (Wildman–Crippen MR) is 86.9 cm³/mol. The van der Waals surface area contributed by atoms with Crippen LogP contribution in [0.3, 0.4) is 0 Å². The fraction of sp³-hybridized carbons (Fsp3) is 0.294. The number of hydrogen-bond acceptors (Lipinski definition) is 5. The molecule has 2 heterocycles. The molecule has 6 nitrogen and oxygen atoms in total. The van der Waals surface area contributed by atoms with Crippen LogP contribution in [0, 0.1) is 17.0 Å². The second-order valence-electron chi connectivity index (χ2n) is 6.01. The Labute approximate surface area is 146 Å². The third-order valence-electron chi connectivity index (χ3n) is 4.47. The summed E-state index contributed by atoms with van der Waals surface area (Å²) < 4.78 is 40.0. The molecule has 1 aromatic carbocycles. The van der Waals surface area contributed by atoms with E-state index in [0.717, 1.165) is 24.0 Å². The summed E-state index contributed by atoms with van der Waals surface area (Å²) in [6.07, 6.45) is -1.64. The highest BCUT2D eigenvalue weighted by Crippen LogP contribution is 2.41. The van der Waals surface area contributed by atoms with Crippen LogP contribution in [0.4, 0.5) is 24.5 Å². The summed E-state index contributed by atoms with van der Waals surface area (Å²) in [5, 5.41) is 11.2. The van der Waals surface area contributed by atoms with E-state index >= 15 is 0 Å². The molecule has 0 radical (unpaired) electrons. The standard InChI is InChI=1S/C17H14F3N3O3/c1-10-6-11-3-5-22(15-8-21-4-2-13(15)17(18,19)20)16(9-24)12(11)7-14(10)23(25)26/h2,4,6-9,16H,3,5H2,1H3. The van der Waals surface area contributed by atoms with Gasteiger partial charge in [0, 0.05) is 24.4 Å². The van der Waals surface area contributed by atoms with E-state index in [1.807, 2.05) is 0 Å². The lowest BCUT2D eigenvalue weighted by molar-refractivity contribution is -0.385. The minimum atomic E-state index is -4.61. The monoisotopic (exact) mass is 365 g/mol. The molecular formula is C17H14F3N3O3. The number of carbonyl (C=O) groups excluding carboxylic acids is 1. The number of nitro benzene ring substituents is 1. The van der Waals surface area contributed by atoms with E-state index in [1.165, 1.54) is 11.0 Å². The van der Waals surface area contributed by atoms with E-state index < -0.39 is 22.7 Å². The van der Waals surface area contributed by atoms with Gasteiger partial charge in [0.2, 0.25) is 0 Å². The Kier molecular flexibility index (Phi) is 4.39. The smallest absolute Gasteiger partial charge is 0.356 e. The highest BCUT2D eigenvalue weighted by Gasteiger charge is 2.38. The molecule has 0 fully saturated rings. The van der Waals surface area contributed by atoms with E-state index in [9.17, 15) is 28.1 Å². The van der Waals surface area contributed by atoms with Crippen molar-refractivity contribution in [3.63, 3.8) is 0 Å². The Balaban J connectivity index is 2.13. The SMILES string of the molecule is Cc1cc2c(cc1[N+](=O)[O-])C(C=O)N(c1cnccc1C(F)(F)F)CC2. The van der Waals surface area contributed by atoms with Crippen LogP contribution in [-0.2, 0) is 17.4 Å². The number of halogens is 3. The van der Waals surface area contributed by atoms with Gasteiger partial charge in [-0.1, -0.05) is 0 Å². The molecule has 0 N–H and O–H groups in total. The highest BCUT2D eigenvalue weighted by atomic mass is 19.4. The number of hydrogen-bond donors (Lipinski definition) is 0. The summed E-state index contributed by atoms with van der Waals surface area (Å²) in [6.45, 7) is 1.76. The minimum absolute atomic E-state index is 0.167. The molecule has 9 heteroatoms. The lowest BCUT2D eigenvalue weighted by Crippen LogP contribution is -2.37. The normalized spacial score (nSPS) is 16.9. The van der Waals surface area contributed by atoms with Crippen LogP contribution in [0.1, 0.15) is 28.3 Å². The van der Waals surface area contributed by atoms with Crippen LogP contribution < -0.4 is 4.90 Å². The van der Waals surface area contributed by atoms with E-state index in [1.54, 1.807) is 13.0 Å². The average Bonchev–Trinajstić information content (AvgIpc) is 2.59. The Morgan fingerprint density at radius 2 is 2.12 bits per heavy atom. The molecule has 1 aliphatic rings. The van der Waals surface area contributed by atoms with Gasteiger partial charge in [-0.15, -0.1) is 0 Å². The van der Waals surface area contributed by atoms with Gasteiger partial charge in [-0.25, -0.2) is 0 Å². The fourth-order valence-electron chi connectivity index (χ4n) is 3.28. The first-order chi connectivity index (χ1) is 12.2. The van der Waals surface area contributed by atoms with Crippen molar-refractivity contribution in [3.8, 4) is 0 Å². The zero-order chi connectivity index (χ0) is 19.1. The van der Waals surface area contributed by atoms with Crippen LogP contribution in [-0.4, -0.2) is 22.7 Å². The van der Waals surface area contributed by atoms with Crippen LogP contribution in [0.2, 0.25) is 0 Å². The summed E-state index contributed by atoms with van der Waals surface area (Å²) in [5.41, 5.74) is 0.235. The molecule has 136 valence electrons. The van der Waals surface area contributed by atoms with Crippen molar-refractivity contribution in [2.45, 2.75) is 25.6 Å². The van der Waals surface area contributed by atoms with E-state index in [0.29, 0.717) is 23.8 Å². The first kappa shape index (κ1) is 17.8. The average molecular weight is 365 g/mol. The predicted octanol–water partition coefficient (Wildman–Crippen LogP) is 3.62. The molecule has 0 aliphatic carbocycles. The number of alkyl halides is 3. The molecule has 2 aromatic rings. The van der Waals surface area contributed by atoms with Crippen molar-refractivity contribution in [1.82, 2.24) is 4.98 Å². The maximum Gasteiger partial charge on any atom is 0.418 e. The first-order valence-electron chi connectivity index (χ1n) is 7.75. The van der Waals surface area contributed by atoms with Crippen LogP contribution >= 0.6 is 0 Å². The van der Waals surface area contributed by atoms with Crippen LogP contribution in [0.5, 0.6) is 0 Å². The molecular weight excluding hydrogens is 351 g/mol. The summed E-state index contributed by atoms with van der Waals surface area (Å²) in [5.74, 6) is 0. The number of aromatic nitrogens is 1. The van der Waals surface area contributed by atoms with Gasteiger partial charge >= 0.3 is 6.18 Å². The zero-order valence-corrected chi connectivity index (χ0v) is 13.7. The fourth-order valence-corrected chi connectivity index (χ4v) is 3.28. The molecule has 26 heavy (non-hydrogen) atoms. The maximum atomic E-state index is 13.3. The van der Waals surface area contributed by atoms with Gasteiger partial charge in [0.05, 0.1) is 22.4 Å². The zero-order valence-electron chi connectivity index (χ0n) is 13.7. The number of aryl methyl sites for hydroxylation is 1. The molecule has 0 spiro atoms. The highest BCUT2D eigenvalue weighted by molar-refractivity contribution is 5.73. The molecule has 1 aromatic heterocycles.